The van der Waals surface area contributed by atoms with E-state index in [0.717, 1.165) is 21.8 Å². The van der Waals surface area contributed by atoms with Gasteiger partial charge in [0.25, 0.3) is 10.0 Å². The molecule has 0 saturated heterocycles. The van der Waals surface area contributed by atoms with Crippen molar-refractivity contribution in [2.45, 2.75) is 4.90 Å². The van der Waals surface area contributed by atoms with E-state index in [4.69, 9.17) is 11.6 Å². The lowest BCUT2D eigenvalue weighted by atomic mass is 10.1. The van der Waals surface area contributed by atoms with E-state index in [1.807, 2.05) is 41.8 Å². The van der Waals surface area contributed by atoms with Crippen LogP contribution >= 0.6 is 22.9 Å². The second-order valence-electron chi connectivity index (χ2n) is 6.05. The largest absolute Gasteiger partial charge is 0.280 e. The van der Waals surface area contributed by atoms with E-state index < -0.39 is 10.0 Å². The van der Waals surface area contributed by atoms with Crippen LogP contribution in [-0.2, 0) is 10.0 Å². The molecule has 0 aliphatic carbocycles. The first-order valence-electron chi connectivity index (χ1n) is 8.41. The maximum Gasteiger partial charge on any atom is 0.261 e. The van der Waals surface area contributed by atoms with Crippen LogP contribution in [0.15, 0.2) is 89.1 Å². The van der Waals surface area contributed by atoms with Crippen molar-refractivity contribution in [1.82, 2.24) is 4.98 Å². The molecular weight excluding hydrogens is 412 g/mol. The number of nitrogens with zero attached hydrogens (tertiary/aromatic N) is 1. The number of rotatable bonds is 5. The molecule has 0 radical (unpaired) electrons. The third-order valence-corrected chi connectivity index (χ3v) is 6.55. The minimum atomic E-state index is -3.72. The van der Waals surface area contributed by atoms with E-state index in [0.29, 0.717) is 10.7 Å². The second kappa shape index (κ2) is 7.75. The van der Waals surface area contributed by atoms with Gasteiger partial charge < -0.3 is 0 Å². The molecule has 0 saturated carbocycles. The van der Waals surface area contributed by atoms with Gasteiger partial charge in [-0.05, 0) is 30.3 Å². The molecule has 0 spiro atoms. The number of nitrogens with one attached hydrogen (secondary N) is 1. The Kier molecular flexibility index (Phi) is 5.17. The summed E-state index contributed by atoms with van der Waals surface area (Å²) in [5.41, 5.74) is 3.15. The fraction of sp³-hybridized carbons (Fsp3) is 0. The van der Waals surface area contributed by atoms with Crippen LogP contribution in [0, 0.1) is 0 Å². The molecule has 3 aromatic carbocycles. The third kappa shape index (κ3) is 4.09. The lowest BCUT2D eigenvalue weighted by molar-refractivity contribution is 0.601. The Morgan fingerprint density at radius 2 is 1.61 bits per heavy atom. The first kappa shape index (κ1) is 18.7. The summed E-state index contributed by atoms with van der Waals surface area (Å²) in [6.45, 7) is 0. The maximum absolute atomic E-state index is 12.6. The summed E-state index contributed by atoms with van der Waals surface area (Å²) in [5.74, 6) is 0. The van der Waals surface area contributed by atoms with Crippen molar-refractivity contribution in [1.29, 1.82) is 0 Å². The highest BCUT2D eigenvalue weighted by molar-refractivity contribution is 7.92. The lowest BCUT2D eigenvalue weighted by Gasteiger charge is -2.09. The average molecular weight is 427 g/mol. The summed E-state index contributed by atoms with van der Waals surface area (Å²) in [7, 11) is -3.72. The Hall–Kier alpha value is -2.67. The number of anilines is 1. The molecule has 0 fully saturated rings. The summed E-state index contributed by atoms with van der Waals surface area (Å²) in [6, 6.07) is 23.3. The molecule has 1 aromatic heterocycles. The minimum Gasteiger partial charge on any atom is -0.280 e. The van der Waals surface area contributed by atoms with Gasteiger partial charge in [0.2, 0.25) is 0 Å². The van der Waals surface area contributed by atoms with Gasteiger partial charge in [0.1, 0.15) is 5.01 Å². The normalized spacial score (nSPS) is 11.3. The van der Waals surface area contributed by atoms with Crippen molar-refractivity contribution in [3.8, 4) is 21.8 Å². The minimum absolute atomic E-state index is 0.116. The van der Waals surface area contributed by atoms with Gasteiger partial charge in [-0.25, -0.2) is 13.4 Å². The summed E-state index contributed by atoms with van der Waals surface area (Å²) < 4.78 is 27.8. The van der Waals surface area contributed by atoms with Crippen molar-refractivity contribution in [2.75, 3.05) is 4.72 Å². The van der Waals surface area contributed by atoms with E-state index in [-0.39, 0.29) is 4.90 Å². The van der Waals surface area contributed by atoms with Crippen LogP contribution in [0.1, 0.15) is 0 Å². The van der Waals surface area contributed by atoms with Gasteiger partial charge >= 0.3 is 0 Å². The van der Waals surface area contributed by atoms with Crippen molar-refractivity contribution >= 4 is 38.6 Å². The summed E-state index contributed by atoms with van der Waals surface area (Å²) in [6.07, 6.45) is 0. The maximum atomic E-state index is 12.6. The zero-order chi connectivity index (χ0) is 19.6. The van der Waals surface area contributed by atoms with E-state index in [1.54, 1.807) is 41.7 Å². The lowest BCUT2D eigenvalue weighted by Crippen LogP contribution is -2.12. The Bertz CT molecular complexity index is 1220. The van der Waals surface area contributed by atoms with Crippen LogP contribution in [0.2, 0.25) is 5.02 Å². The van der Waals surface area contributed by atoms with Crippen LogP contribution in [0.5, 0.6) is 0 Å². The summed E-state index contributed by atoms with van der Waals surface area (Å²) in [4.78, 5) is 4.80. The highest BCUT2D eigenvalue weighted by Gasteiger charge is 2.15. The van der Waals surface area contributed by atoms with Crippen LogP contribution in [0.3, 0.4) is 0 Å². The number of thiazole rings is 1. The average Bonchev–Trinajstić information content (AvgIpc) is 3.19. The second-order valence-corrected chi connectivity index (χ2v) is 9.02. The SMILES string of the molecule is O=S(=O)(Nc1cccc(-c2csc(-c3ccccc3)n2)c1)c1cccc(Cl)c1. The van der Waals surface area contributed by atoms with Crippen LogP contribution < -0.4 is 4.72 Å². The van der Waals surface area contributed by atoms with Crippen LogP contribution in [0.4, 0.5) is 5.69 Å². The molecule has 0 bridgehead atoms. The molecule has 1 N–H and O–H groups in total. The zero-order valence-corrected chi connectivity index (χ0v) is 16.9. The van der Waals surface area contributed by atoms with Crippen molar-refractivity contribution in [3.05, 3.63) is 89.3 Å². The van der Waals surface area contributed by atoms with E-state index in [1.165, 1.54) is 12.1 Å². The first-order valence-corrected chi connectivity index (χ1v) is 11.2. The van der Waals surface area contributed by atoms with Crippen molar-refractivity contribution < 1.29 is 8.42 Å². The number of hydrogen-bond acceptors (Lipinski definition) is 4. The molecule has 7 heteroatoms. The fourth-order valence-corrected chi connectivity index (χ4v) is 4.90. The smallest absolute Gasteiger partial charge is 0.261 e. The molecule has 28 heavy (non-hydrogen) atoms. The van der Waals surface area contributed by atoms with E-state index in [9.17, 15) is 8.42 Å². The predicted octanol–water partition coefficient (Wildman–Crippen LogP) is 5.93. The number of hydrogen-bond donors (Lipinski definition) is 1. The van der Waals surface area contributed by atoms with Gasteiger partial charge in [-0.3, -0.25) is 4.72 Å². The number of benzene rings is 3. The number of sulfonamides is 1. The van der Waals surface area contributed by atoms with Gasteiger partial charge in [0.15, 0.2) is 0 Å². The molecule has 0 aliphatic heterocycles. The number of aromatic nitrogens is 1. The third-order valence-electron chi connectivity index (χ3n) is 4.04. The molecule has 1 heterocycles. The molecule has 0 atom stereocenters. The van der Waals surface area contributed by atoms with Gasteiger partial charge in [0, 0.05) is 27.2 Å². The highest BCUT2D eigenvalue weighted by Crippen LogP contribution is 2.30. The van der Waals surface area contributed by atoms with Crippen molar-refractivity contribution in [3.63, 3.8) is 0 Å². The van der Waals surface area contributed by atoms with Gasteiger partial charge in [-0.2, -0.15) is 0 Å². The Morgan fingerprint density at radius 3 is 2.39 bits per heavy atom. The Labute approximate surface area is 172 Å². The molecular formula is C21H15ClN2O2S2. The van der Waals surface area contributed by atoms with Gasteiger partial charge in [0.05, 0.1) is 10.6 Å². The molecule has 0 aliphatic rings. The monoisotopic (exact) mass is 426 g/mol. The van der Waals surface area contributed by atoms with Crippen LogP contribution in [-0.4, -0.2) is 13.4 Å². The Morgan fingerprint density at radius 1 is 0.857 bits per heavy atom. The first-order chi connectivity index (χ1) is 13.5. The zero-order valence-electron chi connectivity index (χ0n) is 14.5. The molecule has 4 aromatic rings. The summed E-state index contributed by atoms with van der Waals surface area (Å²) in [5, 5.41) is 3.25. The molecule has 4 nitrogen and oxygen atoms in total. The molecule has 4 rings (SSSR count). The highest BCUT2D eigenvalue weighted by atomic mass is 35.5. The van der Waals surface area contributed by atoms with Crippen molar-refractivity contribution in [2.24, 2.45) is 0 Å². The summed E-state index contributed by atoms with van der Waals surface area (Å²) >= 11 is 7.46. The van der Waals surface area contributed by atoms with Gasteiger partial charge in [-0.15, -0.1) is 11.3 Å². The Balaban J connectivity index is 1.61. The molecule has 0 unspecified atom stereocenters. The van der Waals surface area contributed by atoms with E-state index in [2.05, 4.69) is 9.71 Å². The van der Waals surface area contributed by atoms with Gasteiger partial charge in [-0.1, -0.05) is 60.1 Å². The predicted molar refractivity (Wildman–Crippen MR) is 115 cm³/mol. The molecule has 0 amide bonds. The number of halogens is 1. The molecule has 140 valence electrons. The quantitative estimate of drug-likeness (QED) is 0.430. The standard InChI is InChI=1S/C21H15ClN2O2S2/c22-17-9-5-11-19(13-17)28(25,26)24-18-10-4-8-16(12-18)20-14-27-21(23-20)15-6-2-1-3-7-15/h1-14,24H. The van der Waals surface area contributed by atoms with Crippen LogP contribution in [0.25, 0.3) is 21.8 Å². The fourth-order valence-electron chi connectivity index (χ4n) is 2.71. The topological polar surface area (TPSA) is 59.1 Å². The van der Waals surface area contributed by atoms with E-state index >= 15 is 0 Å².